The fourth-order valence-electron chi connectivity index (χ4n) is 1.81. The first kappa shape index (κ1) is 12.8. The van der Waals surface area contributed by atoms with E-state index in [1.54, 1.807) is 0 Å². The number of hydrogen-bond donors (Lipinski definition) is 2. The molecule has 0 aromatic heterocycles. The molecule has 96 valence electrons. The Morgan fingerprint density at radius 2 is 1.05 bits per heavy atom. The molecule has 0 spiro atoms. The molecule has 0 aliphatic heterocycles. The van der Waals surface area contributed by atoms with Gasteiger partial charge in [0.2, 0.25) is 0 Å². The van der Waals surface area contributed by atoms with Gasteiger partial charge in [-0.05, 0) is 11.1 Å². The minimum absolute atomic E-state index is 0.251. The molecule has 2 N–H and O–H groups in total. The van der Waals surface area contributed by atoms with E-state index >= 15 is 0 Å². The van der Waals surface area contributed by atoms with Crippen LogP contribution in [0.5, 0.6) is 0 Å². The SMILES string of the molecule is O/N=C(/C/C(=N/O)c1ccccc1)c1ccccc1. The fraction of sp³-hybridized carbons (Fsp3) is 0.0667. The van der Waals surface area contributed by atoms with Crippen molar-refractivity contribution in [1.29, 1.82) is 0 Å². The van der Waals surface area contributed by atoms with Crippen LogP contribution in [0, 0.1) is 0 Å². The Labute approximate surface area is 111 Å². The molecular weight excluding hydrogens is 240 g/mol. The molecule has 0 aliphatic carbocycles. The maximum Gasteiger partial charge on any atom is 0.0928 e. The molecule has 0 amide bonds. The van der Waals surface area contributed by atoms with Crippen molar-refractivity contribution >= 4 is 11.4 Å². The minimum atomic E-state index is 0.251. The summed E-state index contributed by atoms with van der Waals surface area (Å²) < 4.78 is 0. The molecule has 0 radical (unpaired) electrons. The second-order valence-corrected chi connectivity index (χ2v) is 4.00. The fourth-order valence-corrected chi connectivity index (χ4v) is 1.81. The van der Waals surface area contributed by atoms with E-state index in [-0.39, 0.29) is 6.42 Å². The zero-order chi connectivity index (χ0) is 13.5. The Bertz CT molecular complexity index is 524. The predicted molar refractivity (Wildman–Crippen MR) is 74.1 cm³/mol. The van der Waals surface area contributed by atoms with Gasteiger partial charge in [-0.3, -0.25) is 0 Å². The van der Waals surface area contributed by atoms with E-state index in [9.17, 15) is 0 Å². The highest BCUT2D eigenvalue weighted by Gasteiger charge is 2.11. The lowest BCUT2D eigenvalue weighted by Crippen LogP contribution is -2.11. The number of benzene rings is 2. The van der Waals surface area contributed by atoms with Crippen molar-refractivity contribution < 1.29 is 10.4 Å². The molecule has 0 atom stereocenters. The molecule has 2 rings (SSSR count). The van der Waals surface area contributed by atoms with Crippen LogP contribution in [0.15, 0.2) is 71.0 Å². The average molecular weight is 254 g/mol. The summed E-state index contributed by atoms with van der Waals surface area (Å²) >= 11 is 0. The quantitative estimate of drug-likeness (QED) is 0.500. The van der Waals surface area contributed by atoms with Crippen LogP contribution in [-0.4, -0.2) is 21.8 Å². The second kappa shape index (κ2) is 6.35. The van der Waals surface area contributed by atoms with Gasteiger partial charge in [-0.2, -0.15) is 0 Å². The number of hydrogen-bond acceptors (Lipinski definition) is 4. The highest BCUT2D eigenvalue weighted by molar-refractivity contribution is 6.17. The molecule has 0 heterocycles. The summed E-state index contributed by atoms with van der Waals surface area (Å²) in [5, 5.41) is 24.8. The average Bonchev–Trinajstić information content (AvgIpc) is 2.50. The van der Waals surface area contributed by atoms with Crippen molar-refractivity contribution in [1.82, 2.24) is 0 Å². The second-order valence-electron chi connectivity index (χ2n) is 4.00. The van der Waals surface area contributed by atoms with Gasteiger partial charge in [0, 0.05) is 6.42 Å². The summed E-state index contributed by atoms with van der Waals surface area (Å²) in [5.74, 6) is 0. The summed E-state index contributed by atoms with van der Waals surface area (Å²) in [6, 6.07) is 18.6. The molecule has 0 saturated carbocycles. The third-order valence-corrected chi connectivity index (χ3v) is 2.79. The molecule has 0 aliphatic rings. The Morgan fingerprint density at radius 1 is 0.684 bits per heavy atom. The summed E-state index contributed by atoms with van der Waals surface area (Å²) in [6.07, 6.45) is 0.251. The van der Waals surface area contributed by atoms with Gasteiger partial charge in [0.1, 0.15) is 0 Å². The van der Waals surface area contributed by atoms with Crippen LogP contribution in [0.3, 0.4) is 0 Å². The van der Waals surface area contributed by atoms with Gasteiger partial charge in [0.25, 0.3) is 0 Å². The summed E-state index contributed by atoms with van der Waals surface area (Å²) in [6.45, 7) is 0. The molecule has 0 unspecified atom stereocenters. The van der Waals surface area contributed by atoms with Crippen LogP contribution in [0.1, 0.15) is 17.5 Å². The normalized spacial score (nSPS) is 12.4. The van der Waals surface area contributed by atoms with Crippen molar-refractivity contribution in [3.05, 3.63) is 71.8 Å². The Kier molecular flexibility index (Phi) is 4.29. The molecule has 4 heteroatoms. The van der Waals surface area contributed by atoms with Gasteiger partial charge in [-0.1, -0.05) is 71.0 Å². The molecular formula is C15H14N2O2. The highest BCUT2D eigenvalue weighted by Crippen LogP contribution is 2.10. The Hall–Kier alpha value is -2.62. The first-order valence-corrected chi connectivity index (χ1v) is 5.88. The van der Waals surface area contributed by atoms with Gasteiger partial charge in [-0.15, -0.1) is 0 Å². The van der Waals surface area contributed by atoms with E-state index in [2.05, 4.69) is 10.3 Å². The first-order valence-electron chi connectivity index (χ1n) is 5.88. The van der Waals surface area contributed by atoms with Crippen LogP contribution in [-0.2, 0) is 0 Å². The monoisotopic (exact) mass is 254 g/mol. The molecule has 0 fully saturated rings. The maximum absolute atomic E-state index is 9.12. The largest absolute Gasteiger partial charge is 0.411 e. The number of rotatable bonds is 4. The lowest BCUT2D eigenvalue weighted by molar-refractivity contribution is 0.316. The van der Waals surface area contributed by atoms with Crippen LogP contribution in [0.4, 0.5) is 0 Å². The molecule has 2 aromatic carbocycles. The van der Waals surface area contributed by atoms with Gasteiger partial charge < -0.3 is 10.4 Å². The van der Waals surface area contributed by atoms with E-state index in [1.807, 2.05) is 60.7 Å². The smallest absolute Gasteiger partial charge is 0.0928 e. The Balaban J connectivity index is 2.24. The van der Waals surface area contributed by atoms with Gasteiger partial charge in [0.15, 0.2) is 0 Å². The lowest BCUT2D eigenvalue weighted by atomic mass is 10.0. The van der Waals surface area contributed by atoms with Crippen LogP contribution in [0.25, 0.3) is 0 Å². The molecule has 19 heavy (non-hydrogen) atoms. The van der Waals surface area contributed by atoms with E-state index in [1.165, 1.54) is 0 Å². The van der Waals surface area contributed by atoms with E-state index in [0.29, 0.717) is 11.4 Å². The van der Waals surface area contributed by atoms with Gasteiger partial charge in [-0.25, -0.2) is 0 Å². The van der Waals surface area contributed by atoms with Crippen molar-refractivity contribution in [3.63, 3.8) is 0 Å². The first-order chi connectivity index (χ1) is 9.35. The predicted octanol–water partition coefficient (Wildman–Crippen LogP) is 3.13. The minimum Gasteiger partial charge on any atom is -0.411 e. The molecule has 0 bridgehead atoms. The summed E-state index contributed by atoms with van der Waals surface area (Å²) in [7, 11) is 0. The topological polar surface area (TPSA) is 65.2 Å². The van der Waals surface area contributed by atoms with Crippen molar-refractivity contribution in [2.24, 2.45) is 10.3 Å². The van der Waals surface area contributed by atoms with E-state index in [4.69, 9.17) is 10.4 Å². The van der Waals surface area contributed by atoms with Crippen molar-refractivity contribution in [3.8, 4) is 0 Å². The van der Waals surface area contributed by atoms with E-state index < -0.39 is 0 Å². The van der Waals surface area contributed by atoms with E-state index in [0.717, 1.165) is 11.1 Å². The van der Waals surface area contributed by atoms with Crippen LogP contribution < -0.4 is 0 Å². The lowest BCUT2D eigenvalue weighted by Gasteiger charge is -2.06. The zero-order valence-corrected chi connectivity index (χ0v) is 10.3. The summed E-state index contributed by atoms with van der Waals surface area (Å²) in [4.78, 5) is 0. The highest BCUT2D eigenvalue weighted by atomic mass is 16.4. The molecule has 2 aromatic rings. The van der Waals surface area contributed by atoms with Gasteiger partial charge >= 0.3 is 0 Å². The van der Waals surface area contributed by atoms with Crippen LogP contribution in [0.2, 0.25) is 0 Å². The zero-order valence-electron chi connectivity index (χ0n) is 10.3. The van der Waals surface area contributed by atoms with Crippen LogP contribution >= 0.6 is 0 Å². The third kappa shape index (κ3) is 3.19. The number of nitrogens with zero attached hydrogens (tertiary/aromatic N) is 2. The summed E-state index contributed by atoms with van der Waals surface area (Å²) in [5.41, 5.74) is 2.50. The maximum atomic E-state index is 9.12. The molecule has 4 nitrogen and oxygen atoms in total. The Morgan fingerprint density at radius 3 is 1.37 bits per heavy atom. The number of oxime groups is 2. The van der Waals surface area contributed by atoms with Crippen molar-refractivity contribution in [2.75, 3.05) is 0 Å². The van der Waals surface area contributed by atoms with Crippen molar-refractivity contribution in [2.45, 2.75) is 6.42 Å². The standard InChI is InChI=1S/C15H14N2O2/c18-16-14(12-7-3-1-4-8-12)11-15(17-19)13-9-5-2-6-10-13/h1-10,18-19H,11H2/b16-14-,17-15-. The molecule has 0 saturated heterocycles. The van der Waals surface area contributed by atoms with Gasteiger partial charge in [0.05, 0.1) is 11.4 Å². The third-order valence-electron chi connectivity index (χ3n) is 2.79.